The van der Waals surface area contributed by atoms with Gasteiger partial charge >= 0.3 is 6.03 Å². The Morgan fingerprint density at radius 2 is 1.62 bits per heavy atom. The zero-order valence-electron chi connectivity index (χ0n) is 20.1. The minimum absolute atomic E-state index is 0.0248. The number of fused-ring (bicyclic) bond motifs is 2. The molecule has 0 bridgehead atoms. The SMILES string of the molecule is Cc1ccc(NC(=O)N2CCN(C3=Nc4ccc(C)cc4Oc4ccc(C)cc43)CC2C)cc1. The maximum Gasteiger partial charge on any atom is 0.322 e. The Kier molecular flexibility index (Phi) is 5.74. The molecule has 1 unspecified atom stereocenters. The number of piperazine rings is 1. The highest BCUT2D eigenvalue weighted by molar-refractivity contribution is 6.04. The van der Waals surface area contributed by atoms with E-state index in [-0.39, 0.29) is 12.1 Å². The van der Waals surface area contributed by atoms with Gasteiger partial charge in [0.05, 0.1) is 5.56 Å². The van der Waals surface area contributed by atoms with Crippen LogP contribution in [0.5, 0.6) is 11.5 Å². The van der Waals surface area contributed by atoms with E-state index in [9.17, 15) is 4.79 Å². The first-order chi connectivity index (χ1) is 16.4. The Morgan fingerprint density at radius 1 is 0.912 bits per heavy atom. The number of carbonyl (C=O) groups is 1. The van der Waals surface area contributed by atoms with Gasteiger partial charge in [0.1, 0.15) is 17.3 Å². The fraction of sp³-hybridized carbons (Fsp3) is 0.286. The van der Waals surface area contributed by atoms with E-state index in [2.05, 4.69) is 49.2 Å². The van der Waals surface area contributed by atoms with Crippen LogP contribution < -0.4 is 10.1 Å². The van der Waals surface area contributed by atoms with Gasteiger partial charge in [-0.2, -0.15) is 0 Å². The lowest BCUT2D eigenvalue weighted by Crippen LogP contribution is -2.56. The van der Waals surface area contributed by atoms with E-state index in [0.29, 0.717) is 19.6 Å². The quantitative estimate of drug-likeness (QED) is 0.488. The summed E-state index contributed by atoms with van der Waals surface area (Å²) in [7, 11) is 0. The molecule has 34 heavy (non-hydrogen) atoms. The minimum Gasteiger partial charge on any atom is -0.454 e. The zero-order valence-corrected chi connectivity index (χ0v) is 20.1. The van der Waals surface area contributed by atoms with Gasteiger partial charge in [0.15, 0.2) is 5.75 Å². The largest absolute Gasteiger partial charge is 0.454 e. The number of anilines is 1. The molecule has 0 aromatic heterocycles. The maximum absolute atomic E-state index is 13.0. The molecule has 5 rings (SSSR count). The van der Waals surface area contributed by atoms with Crippen molar-refractivity contribution in [2.24, 2.45) is 4.99 Å². The average Bonchev–Trinajstić information content (AvgIpc) is 2.96. The first kappa shape index (κ1) is 22.0. The fourth-order valence-corrected chi connectivity index (χ4v) is 4.52. The highest BCUT2D eigenvalue weighted by Crippen LogP contribution is 2.39. The van der Waals surface area contributed by atoms with Gasteiger partial charge in [-0.05, 0) is 69.7 Å². The summed E-state index contributed by atoms with van der Waals surface area (Å²) >= 11 is 0. The molecule has 1 atom stereocenters. The number of rotatable bonds is 1. The standard InChI is InChI=1S/C28H30N4O2/c1-18-5-9-22(10-6-18)29-28(33)32-14-13-31(17-21(32)4)27-23-15-19(2)8-12-25(23)34-26-16-20(3)7-11-24(26)30-27/h5-12,15-16,21H,13-14,17H2,1-4H3,(H,29,33). The number of amides is 2. The van der Waals surface area contributed by atoms with E-state index in [1.54, 1.807) is 0 Å². The van der Waals surface area contributed by atoms with Crippen LogP contribution >= 0.6 is 0 Å². The van der Waals surface area contributed by atoms with E-state index in [1.165, 1.54) is 5.56 Å². The summed E-state index contributed by atoms with van der Waals surface area (Å²) in [5.41, 5.74) is 6.07. The van der Waals surface area contributed by atoms with Crippen molar-refractivity contribution in [3.8, 4) is 11.5 Å². The summed E-state index contributed by atoms with van der Waals surface area (Å²) in [6, 6.07) is 20.1. The molecule has 1 fully saturated rings. The van der Waals surface area contributed by atoms with Crippen LogP contribution in [0.4, 0.5) is 16.2 Å². The highest BCUT2D eigenvalue weighted by atomic mass is 16.5. The number of benzene rings is 3. The summed E-state index contributed by atoms with van der Waals surface area (Å²) in [5, 5.41) is 3.03. The van der Waals surface area contributed by atoms with Crippen LogP contribution in [0.15, 0.2) is 65.7 Å². The number of amidine groups is 1. The second-order valence-corrected chi connectivity index (χ2v) is 9.29. The van der Waals surface area contributed by atoms with Gasteiger partial charge in [0.2, 0.25) is 0 Å². The van der Waals surface area contributed by atoms with Crippen molar-refractivity contribution < 1.29 is 9.53 Å². The number of aliphatic imine (C=N–C) groups is 1. The van der Waals surface area contributed by atoms with Crippen molar-refractivity contribution in [3.63, 3.8) is 0 Å². The van der Waals surface area contributed by atoms with Crippen LogP contribution in [0.1, 0.15) is 29.2 Å². The number of nitrogens with zero attached hydrogens (tertiary/aromatic N) is 3. The Balaban J connectivity index is 1.40. The normalized spacial score (nSPS) is 17.2. The molecule has 2 heterocycles. The third-order valence-corrected chi connectivity index (χ3v) is 6.43. The molecule has 6 nitrogen and oxygen atoms in total. The number of ether oxygens (including phenoxy) is 1. The van der Waals surface area contributed by atoms with Gasteiger partial charge in [-0.25, -0.2) is 9.79 Å². The summed E-state index contributed by atoms with van der Waals surface area (Å²) in [6.45, 7) is 10.2. The zero-order chi connectivity index (χ0) is 23.8. The van der Waals surface area contributed by atoms with E-state index < -0.39 is 0 Å². The van der Waals surface area contributed by atoms with Crippen molar-refractivity contribution >= 4 is 23.2 Å². The van der Waals surface area contributed by atoms with Gasteiger partial charge in [-0.1, -0.05) is 35.4 Å². The lowest BCUT2D eigenvalue weighted by atomic mass is 10.1. The van der Waals surface area contributed by atoms with Crippen LogP contribution in [-0.2, 0) is 0 Å². The lowest BCUT2D eigenvalue weighted by molar-refractivity contribution is 0.145. The summed E-state index contributed by atoms with van der Waals surface area (Å²) in [4.78, 5) is 22.2. The number of nitrogens with one attached hydrogen (secondary N) is 1. The monoisotopic (exact) mass is 454 g/mol. The Bertz CT molecular complexity index is 1270. The molecule has 3 aromatic carbocycles. The third kappa shape index (κ3) is 4.36. The van der Waals surface area contributed by atoms with Crippen molar-refractivity contribution in [2.75, 3.05) is 25.0 Å². The van der Waals surface area contributed by atoms with Crippen LogP contribution in [0.2, 0.25) is 0 Å². The number of urea groups is 1. The van der Waals surface area contributed by atoms with Crippen LogP contribution in [0.3, 0.4) is 0 Å². The second-order valence-electron chi connectivity index (χ2n) is 9.29. The molecule has 1 saturated heterocycles. The van der Waals surface area contributed by atoms with Crippen molar-refractivity contribution in [1.29, 1.82) is 0 Å². The molecule has 2 aliphatic rings. The first-order valence-corrected chi connectivity index (χ1v) is 11.7. The van der Waals surface area contributed by atoms with E-state index in [4.69, 9.17) is 9.73 Å². The van der Waals surface area contributed by atoms with E-state index >= 15 is 0 Å². The van der Waals surface area contributed by atoms with Gasteiger partial charge in [0, 0.05) is 31.4 Å². The lowest BCUT2D eigenvalue weighted by Gasteiger charge is -2.41. The van der Waals surface area contributed by atoms with Gasteiger partial charge in [0.25, 0.3) is 0 Å². The van der Waals surface area contributed by atoms with E-state index in [1.807, 2.05) is 54.3 Å². The van der Waals surface area contributed by atoms with Crippen LogP contribution in [0.25, 0.3) is 0 Å². The Labute approximate surface area is 200 Å². The fourth-order valence-electron chi connectivity index (χ4n) is 4.52. The van der Waals surface area contributed by atoms with Gasteiger partial charge < -0.3 is 19.9 Å². The van der Waals surface area contributed by atoms with Crippen molar-refractivity contribution in [3.05, 3.63) is 82.9 Å². The van der Waals surface area contributed by atoms with Gasteiger partial charge in [-0.15, -0.1) is 0 Å². The molecule has 0 radical (unpaired) electrons. The van der Waals surface area contributed by atoms with Crippen LogP contribution in [0, 0.1) is 20.8 Å². The predicted octanol–water partition coefficient (Wildman–Crippen LogP) is 6.03. The summed E-state index contributed by atoms with van der Waals surface area (Å²) in [6.07, 6.45) is 0. The molecule has 0 spiro atoms. The molecule has 1 N–H and O–H groups in total. The topological polar surface area (TPSA) is 57.2 Å². The molecule has 0 saturated carbocycles. The highest BCUT2D eigenvalue weighted by Gasteiger charge is 2.31. The van der Waals surface area contributed by atoms with Gasteiger partial charge in [-0.3, -0.25) is 0 Å². The second kappa shape index (κ2) is 8.86. The molecule has 2 amide bonds. The van der Waals surface area contributed by atoms with Crippen molar-refractivity contribution in [2.45, 2.75) is 33.7 Å². The van der Waals surface area contributed by atoms with Crippen LogP contribution in [-0.4, -0.2) is 47.3 Å². The number of hydrogen-bond acceptors (Lipinski definition) is 4. The Hall–Kier alpha value is -3.80. The maximum atomic E-state index is 13.0. The summed E-state index contributed by atoms with van der Waals surface area (Å²) < 4.78 is 6.30. The first-order valence-electron chi connectivity index (χ1n) is 11.7. The third-order valence-electron chi connectivity index (χ3n) is 6.43. The Morgan fingerprint density at radius 3 is 2.38 bits per heavy atom. The molecule has 2 aliphatic heterocycles. The molecular weight excluding hydrogens is 424 g/mol. The molecule has 0 aliphatic carbocycles. The van der Waals surface area contributed by atoms with E-state index in [0.717, 1.165) is 45.4 Å². The smallest absolute Gasteiger partial charge is 0.322 e. The number of carbonyl (C=O) groups excluding carboxylic acids is 1. The molecular formula is C28H30N4O2. The number of hydrogen-bond donors (Lipinski definition) is 1. The number of aryl methyl sites for hydroxylation is 3. The molecule has 6 heteroatoms. The average molecular weight is 455 g/mol. The molecule has 174 valence electrons. The summed E-state index contributed by atoms with van der Waals surface area (Å²) in [5.74, 6) is 2.47. The predicted molar refractivity (Wildman–Crippen MR) is 137 cm³/mol. The minimum atomic E-state index is -0.0702. The van der Waals surface area contributed by atoms with Crippen molar-refractivity contribution in [1.82, 2.24) is 9.80 Å². The molecule has 3 aromatic rings.